The summed E-state index contributed by atoms with van der Waals surface area (Å²) in [6.07, 6.45) is 0. The molecule has 0 aromatic heterocycles. The zero-order valence-corrected chi connectivity index (χ0v) is 41.4. The molecule has 2 aliphatic rings. The maximum absolute atomic E-state index is 7.00. The number of para-hydroxylation sites is 2. The SMILES string of the molecule is CC(C)(C)c1ccc2c(c1)C1(c3cc(C(C)(C)C)ccc3O2)c2ccccc2-c2ccc(-c3ccccc3N(c3ccc(-c4ccccc4)cc3)c3ccccc3-c3ccc(-c4ccccc4)cc3)cc21. The van der Waals surface area contributed by atoms with Crippen LogP contribution < -0.4 is 9.64 Å². The second-order valence-corrected chi connectivity index (χ2v) is 21.3. The topological polar surface area (TPSA) is 12.5 Å². The van der Waals surface area contributed by atoms with Gasteiger partial charge in [0.1, 0.15) is 11.5 Å². The van der Waals surface area contributed by atoms with Crippen LogP contribution in [0.5, 0.6) is 11.5 Å². The summed E-state index contributed by atoms with van der Waals surface area (Å²) in [5.74, 6) is 1.81. The molecule has 10 aromatic rings. The van der Waals surface area contributed by atoms with Gasteiger partial charge in [0.25, 0.3) is 0 Å². The van der Waals surface area contributed by atoms with Crippen LogP contribution in [0.25, 0.3) is 55.6 Å². The molecule has 10 aromatic carbocycles. The lowest BCUT2D eigenvalue weighted by atomic mass is 9.64. The summed E-state index contributed by atoms with van der Waals surface area (Å²) in [6.45, 7) is 13.8. The van der Waals surface area contributed by atoms with E-state index in [4.69, 9.17) is 4.74 Å². The summed E-state index contributed by atoms with van der Waals surface area (Å²) in [6, 6.07) is 87.3. The zero-order valence-electron chi connectivity index (χ0n) is 41.4. The molecule has 2 heteroatoms. The molecular formula is C69H57NO. The third-order valence-electron chi connectivity index (χ3n) is 14.9. The highest BCUT2D eigenvalue weighted by atomic mass is 16.5. The second kappa shape index (κ2) is 17.0. The third kappa shape index (κ3) is 7.49. The Morgan fingerprint density at radius 2 is 0.718 bits per heavy atom. The minimum atomic E-state index is -0.645. The van der Waals surface area contributed by atoms with E-state index in [1.54, 1.807) is 0 Å². The summed E-state index contributed by atoms with van der Waals surface area (Å²) in [5.41, 5.74) is 21.8. The molecule has 0 saturated heterocycles. The Labute approximate surface area is 419 Å². The van der Waals surface area contributed by atoms with Crippen molar-refractivity contribution in [2.45, 2.75) is 57.8 Å². The molecule has 0 amide bonds. The highest BCUT2D eigenvalue weighted by molar-refractivity contribution is 5.96. The zero-order chi connectivity index (χ0) is 48.5. The Morgan fingerprint density at radius 3 is 1.25 bits per heavy atom. The molecule has 2 nitrogen and oxygen atoms in total. The van der Waals surface area contributed by atoms with Gasteiger partial charge in [0.2, 0.25) is 0 Å². The van der Waals surface area contributed by atoms with Crippen molar-refractivity contribution < 1.29 is 4.74 Å². The van der Waals surface area contributed by atoms with E-state index in [1.807, 2.05) is 0 Å². The summed E-state index contributed by atoms with van der Waals surface area (Å²) in [5, 5.41) is 0. The van der Waals surface area contributed by atoms with Crippen molar-refractivity contribution in [1.29, 1.82) is 0 Å². The van der Waals surface area contributed by atoms with Gasteiger partial charge in [-0.3, -0.25) is 0 Å². The number of hydrogen-bond acceptors (Lipinski definition) is 2. The van der Waals surface area contributed by atoms with Gasteiger partial charge in [0.05, 0.1) is 16.8 Å². The van der Waals surface area contributed by atoms with Crippen LogP contribution in [-0.4, -0.2) is 0 Å². The van der Waals surface area contributed by atoms with E-state index in [-0.39, 0.29) is 10.8 Å². The Balaban J connectivity index is 1.09. The van der Waals surface area contributed by atoms with Gasteiger partial charge in [-0.05, 0) is 132 Å². The molecule has 0 fully saturated rings. The number of nitrogens with zero attached hydrogens (tertiary/aromatic N) is 1. The van der Waals surface area contributed by atoms with Crippen molar-refractivity contribution in [1.82, 2.24) is 0 Å². The standard InChI is InChI=1S/C69H57NO/c1-67(2,3)52-36-41-65-61(44-52)69(62-45-53(68(4,5)6)37-42-66(62)71-65)59-26-16-13-25-57(59)58-40-35-51(43-60(58)69)56-24-15-18-28-64(56)70(54-38-33-49(34-39-54)47-21-11-8-12-22-47)63-27-17-14-23-55(63)50-31-29-48(30-32-50)46-19-9-7-10-20-46/h7-45H,1-6H3. The second-order valence-electron chi connectivity index (χ2n) is 21.3. The first kappa shape index (κ1) is 44.0. The number of fused-ring (bicyclic) bond motifs is 9. The Hall–Kier alpha value is -8.20. The van der Waals surface area contributed by atoms with Crippen molar-refractivity contribution in [3.05, 3.63) is 270 Å². The first-order chi connectivity index (χ1) is 34.5. The Bertz CT molecular complexity index is 3550. The van der Waals surface area contributed by atoms with Gasteiger partial charge >= 0.3 is 0 Å². The van der Waals surface area contributed by atoms with E-state index in [9.17, 15) is 0 Å². The summed E-state index contributed by atoms with van der Waals surface area (Å²) in [4.78, 5) is 2.46. The summed E-state index contributed by atoms with van der Waals surface area (Å²) in [7, 11) is 0. The average Bonchev–Trinajstić information content (AvgIpc) is 3.69. The molecule has 12 rings (SSSR count). The molecule has 1 heterocycles. The molecule has 0 radical (unpaired) electrons. The maximum atomic E-state index is 7.00. The smallest absolute Gasteiger partial charge is 0.132 e. The molecule has 0 saturated carbocycles. The normalized spacial score (nSPS) is 13.2. The summed E-state index contributed by atoms with van der Waals surface area (Å²) >= 11 is 0. The Kier molecular flexibility index (Phi) is 10.6. The number of anilines is 3. The minimum absolute atomic E-state index is 0.0749. The lowest BCUT2D eigenvalue weighted by Gasteiger charge is -2.41. The van der Waals surface area contributed by atoms with Crippen LogP contribution >= 0.6 is 0 Å². The number of rotatable bonds is 7. The fourth-order valence-corrected chi connectivity index (χ4v) is 11.2. The Morgan fingerprint density at radius 1 is 0.310 bits per heavy atom. The van der Waals surface area contributed by atoms with Gasteiger partial charge in [-0.2, -0.15) is 0 Å². The van der Waals surface area contributed by atoms with Crippen molar-refractivity contribution in [3.8, 4) is 67.1 Å². The molecule has 0 bridgehead atoms. The lowest BCUT2D eigenvalue weighted by molar-refractivity contribution is 0.433. The number of hydrogen-bond donors (Lipinski definition) is 0. The maximum Gasteiger partial charge on any atom is 0.132 e. The van der Waals surface area contributed by atoms with Crippen molar-refractivity contribution in [3.63, 3.8) is 0 Å². The largest absolute Gasteiger partial charge is 0.457 e. The number of benzene rings is 10. The van der Waals surface area contributed by atoms with Gasteiger partial charge in [-0.1, -0.05) is 224 Å². The predicted octanol–water partition coefficient (Wildman–Crippen LogP) is 18.9. The molecule has 0 unspecified atom stereocenters. The molecule has 1 aliphatic carbocycles. The summed E-state index contributed by atoms with van der Waals surface area (Å²) < 4.78 is 7.00. The van der Waals surface area contributed by atoms with Crippen LogP contribution in [0, 0.1) is 0 Å². The molecule has 0 atom stereocenters. The van der Waals surface area contributed by atoms with Crippen molar-refractivity contribution in [2.75, 3.05) is 4.90 Å². The van der Waals surface area contributed by atoms with E-state index < -0.39 is 5.41 Å². The van der Waals surface area contributed by atoms with Crippen molar-refractivity contribution >= 4 is 17.1 Å². The molecular weight excluding hydrogens is 859 g/mol. The van der Waals surface area contributed by atoms with E-state index >= 15 is 0 Å². The van der Waals surface area contributed by atoms with Gasteiger partial charge < -0.3 is 9.64 Å². The first-order valence-electron chi connectivity index (χ1n) is 25.0. The molecule has 0 N–H and O–H groups in total. The fraction of sp³-hybridized carbons (Fsp3) is 0.130. The van der Waals surface area contributed by atoms with Gasteiger partial charge in [0.15, 0.2) is 0 Å². The molecule has 1 aliphatic heterocycles. The van der Waals surface area contributed by atoms with Crippen LogP contribution in [0.2, 0.25) is 0 Å². The lowest BCUT2D eigenvalue weighted by Crippen LogP contribution is -2.33. The van der Waals surface area contributed by atoms with E-state index in [2.05, 4.69) is 283 Å². The van der Waals surface area contributed by atoms with Gasteiger partial charge in [-0.25, -0.2) is 0 Å². The highest BCUT2D eigenvalue weighted by Crippen LogP contribution is 2.63. The van der Waals surface area contributed by atoms with Gasteiger partial charge in [-0.15, -0.1) is 0 Å². The fourth-order valence-electron chi connectivity index (χ4n) is 11.2. The first-order valence-corrected chi connectivity index (χ1v) is 25.0. The van der Waals surface area contributed by atoms with E-state index in [0.29, 0.717) is 0 Å². The van der Waals surface area contributed by atoms with Crippen LogP contribution in [0.3, 0.4) is 0 Å². The quantitative estimate of drug-likeness (QED) is 0.158. The van der Waals surface area contributed by atoms with Crippen LogP contribution in [0.4, 0.5) is 17.1 Å². The number of ether oxygens (including phenoxy) is 1. The monoisotopic (exact) mass is 915 g/mol. The van der Waals surface area contributed by atoms with Crippen LogP contribution in [0.1, 0.15) is 74.9 Å². The molecule has 344 valence electrons. The van der Waals surface area contributed by atoms with Crippen LogP contribution in [-0.2, 0) is 16.2 Å². The molecule has 71 heavy (non-hydrogen) atoms. The third-order valence-corrected chi connectivity index (χ3v) is 14.9. The highest BCUT2D eigenvalue weighted by Gasteiger charge is 2.52. The minimum Gasteiger partial charge on any atom is -0.457 e. The van der Waals surface area contributed by atoms with Gasteiger partial charge in [0, 0.05) is 27.9 Å². The molecule has 1 spiro atoms. The van der Waals surface area contributed by atoms with E-state index in [0.717, 1.165) is 50.8 Å². The van der Waals surface area contributed by atoms with E-state index in [1.165, 1.54) is 66.8 Å². The van der Waals surface area contributed by atoms with Crippen molar-refractivity contribution in [2.24, 2.45) is 0 Å². The van der Waals surface area contributed by atoms with Crippen LogP contribution in [0.15, 0.2) is 237 Å². The predicted molar refractivity (Wildman–Crippen MR) is 298 cm³/mol. The average molecular weight is 916 g/mol.